The zero-order chi connectivity index (χ0) is 9.42. The zero-order valence-electron chi connectivity index (χ0n) is 6.85. The SMILES string of the molecule is N#CC1CCc2cc(F)cc(F)c21. The highest BCUT2D eigenvalue weighted by Gasteiger charge is 2.26. The first-order valence-corrected chi connectivity index (χ1v) is 4.10. The molecule has 0 fully saturated rings. The molecule has 0 radical (unpaired) electrons. The molecule has 0 bridgehead atoms. The van der Waals surface area contributed by atoms with Crippen LogP contribution >= 0.6 is 0 Å². The summed E-state index contributed by atoms with van der Waals surface area (Å²) in [4.78, 5) is 0. The first-order valence-electron chi connectivity index (χ1n) is 4.10. The Hall–Kier alpha value is -1.43. The summed E-state index contributed by atoms with van der Waals surface area (Å²) in [6.45, 7) is 0. The van der Waals surface area contributed by atoms with E-state index < -0.39 is 17.6 Å². The summed E-state index contributed by atoms with van der Waals surface area (Å²) in [5, 5.41) is 8.70. The quantitative estimate of drug-likeness (QED) is 0.600. The average Bonchev–Trinajstić information content (AvgIpc) is 2.47. The monoisotopic (exact) mass is 179 g/mol. The maximum atomic E-state index is 13.2. The number of nitrogens with zero attached hydrogens (tertiary/aromatic N) is 1. The predicted molar refractivity (Wildman–Crippen MR) is 43.0 cm³/mol. The second-order valence-electron chi connectivity index (χ2n) is 3.18. The van der Waals surface area contributed by atoms with Gasteiger partial charge in [0.15, 0.2) is 0 Å². The number of hydrogen-bond acceptors (Lipinski definition) is 1. The normalized spacial score (nSPS) is 19.6. The second-order valence-corrected chi connectivity index (χ2v) is 3.18. The molecule has 0 aromatic heterocycles. The van der Waals surface area contributed by atoms with Crippen molar-refractivity contribution in [2.24, 2.45) is 0 Å². The number of halogens is 2. The highest BCUT2D eigenvalue weighted by molar-refractivity contribution is 5.39. The third-order valence-corrected chi connectivity index (χ3v) is 2.39. The van der Waals surface area contributed by atoms with Gasteiger partial charge in [0.2, 0.25) is 0 Å². The molecule has 13 heavy (non-hydrogen) atoms. The summed E-state index contributed by atoms with van der Waals surface area (Å²) in [7, 11) is 0. The molecule has 2 rings (SSSR count). The first kappa shape index (κ1) is 8.18. The van der Waals surface area contributed by atoms with Crippen molar-refractivity contribution in [3.8, 4) is 6.07 Å². The summed E-state index contributed by atoms with van der Waals surface area (Å²) >= 11 is 0. The Balaban J connectivity index is 2.59. The van der Waals surface area contributed by atoms with E-state index in [4.69, 9.17) is 5.26 Å². The fraction of sp³-hybridized carbons (Fsp3) is 0.300. The Morgan fingerprint density at radius 2 is 2.15 bits per heavy atom. The number of hydrogen-bond donors (Lipinski definition) is 0. The minimum absolute atomic E-state index is 0.393. The molecular formula is C10H7F2N. The van der Waals surface area contributed by atoms with E-state index in [2.05, 4.69) is 0 Å². The van der Waals surface area contributed by atoms with Crippen LogP contribution in [0.4, 0.5) is 8.78 Å². The van der Waals surface area contributed by atoms with Crippen molar-refractivity contribution >= 4 is 0 Å². The van der Waals surface area contributed by atoms with E-state index in [1.807, 2.05) is 6.07 Å². The van der Waals surface area contributed by atoms with Gasteiger partial charge in [0.05, 0.1) is 12.0 Å². The fourth-order valence-electron chi connectivity index (χ4n) is 1.81. The average molecular weight is 179 g/mol. The molecule has 0 saturated carbocycles. The van der Waals surface area contributed by atoms with Crippen molar-refractivity contribution < 1.29 is 8.78 Å². The smallest absolute Gasteiger partial charge is 0.130 e. The molecule has 0 heterocycles. The van der Waals surface area contributed by atoms with E-state index in [0.717, 1.165) is 6.07 Å². The number of benzene rings is 1. The number of nitriles is 1. The van der Waals surface area contributed by atoms with Crippen molar-refractivity contribution in [1.82, 2.24) is 0 Å². The van der Waals surface area contributed by atoms with Crippen LogP contribution in [0.15, 0.2) is 12.1 Å². The van der Waals surface area contributed by atoms with Gasteiger partial charge >= 0.3 is 0 Å². The molecule has 0 aliphatic heterocycles. The summed E-state index contributed by atoms with van der Waals surface area (Å²) in [5.41, 5.74) is 1.04. The van der Waals surface area contributed by atoms with Crippen LogP contribution in [0.2, 0.25) is 0 Å². The first-order chi connectivity index (χ1) is 6.22. The molecule has 1 atom stereocenters. The van der Waals surface area contributed by atoms with Crippen LogP contribution in [-0.4, -0.2) is 0 Å². The lowest BCUT2D eigenvalue weighted by Crippen LogP contribution is -1.95. The van der Waals surface area contributed by atoms with E-state index in [0.29, 0.717) is 24.0 Å². The maximum Gasteiger partial charge on any atom is 0.130 e. The molecule has 1 aliphatic carbocycles. The topological polar surface area (TPSA) is 23.8 Å². The summed E-state index contributed by atoms with van der Waals surface area (Å²) in [5.74, 6) is -1.54. The molecule has 66 valence electrons. The van der Waals surface area contributed by atoms with Gasteiger partial charge in [-0.15, -0.1) is 0 Å². The van der Waals surface area contributed by atoms with Gasteiger partial charge < -0.3 is 0 Å². The largest absolute Gasteiger partial charge is 0.207 e. The van der Waals surface area contributed by atoms with Crippen LogP contribution in [-0.2, 0) is 6.42 Å². The van der Waals surface area contributed by atoms with Crippen LogP contribution < -0.4 is 0 Å². The van der Waals surface area contributed by atoms with Gasteiger partial charge in [-0.3, -0.25) is 0 Å². The zero-order valence-corrected chi connectivity index (χ0v) is 6.85. The minimum Gasteiger partial charge on any atom is -0.207 e. The molecule has 0 N–H and O–H groups in total. The highest BCUT2D eigenvalue weighted by atomic mass is 19.1. The van der Waals surface area contributed by atoms with Crippen LogP contribution in [0.1, 0.15) is 23.5 Å². The molecule has 1 aliphatic rings. The summed E-state index contributed by atoms with van der Waals surface area (Å²) in [6.07, 6.45) is 1.20. The summed E-state index contributed by atoms with van der Waals surface area (Å²) in [6, 6.07) is 4.17. The number of fused-ring (bicyclic) bond motifs is 1. The van der Waals surface area contributed by atoms with Crippen molar-refractivity contribution in [1.29, 1.82) is 5.26 Å². The molecule has 1 aromatic rings. The van der Waals surface area contributed by atoms with E-state index in [9.17, 15) is 8.78 Å². The molecule has 1 unspecified atom stereocenters. The lowest BCUT2D eigenvalue weighted by Gasteiger charge is -2.03. The number of rotatable bonds is 0. The Morgan fingerprint density at radius 1 is 1.38 bits per heavy atom. The van der Waals surface area contributed by atoms with Crippen LogP contribution in [0.3, 0.4) is 0 Å². The van der Waals surface area contributed by atoms with Crippen molar-refractivity contribution in [3.63, 3.8) is 0 Å². The van der Waals surface area contributed by atoms with Gasteiger partial charge in [-0.2, -0.15) is 5.26 Å². The Bertz CT molecular complexity index is 393. The molecule has 0 spiro atoms. The Kier molecular flexibility index (Phi) is 1.77. The van der Waals surface area contributed by atoms with Crippen molar-refractivity contribution in [2.45, 2.75) is 18.8 Å². The van der Waals surface area contributed by atoms with Gasteiger partial charge in [0.25, 0.3) is 0 Å². The molecule has 1 aromatic carbocycles. The lowest BCUT2D eigenvalue weighted by molar-refractivity contribution is 0.571. The van der Waals surface area contributed by atoms with Gasteiger partial charge in [0, 0.05) is 11.6 Å². The number of aryl methyl sites for hydroxylation is 1. The predicted octanol–water partition coefficient (Wildman–Crippen LogP) is 2.52. The van der Waals surface area contributed by atoms with Gasteiger partial charge in [-0.05, 0) is 24.5 Å². The van der Waals surface area contributed by atoms with E-state index in [1.165, 1.54) is 6.07 Å². The van der Waals surface area contributed by atoms with Gasteiger partial charge in [0.1, 0.15) is 11.6 Å². The van der Waals surface area contributed by atoms with Gasteiger partial charge in [-0.1, -0.05) is 0 Å². The fourth-order valence-corrected chi connectivity index (χ4v) is 1.81. The molecule has 0 amide bonds. The molecular weight excluding hydrogens is 172 g/mol. The highest BCUT2D eigenvalue weighted by Crippen LogP contribution is 2.34. The Labute approximate surface area is 74.6 Å². The minimum atomic E-state index is -0.584. The van der Waals surface area contributed by atoms with Gasteiger partial charge in [-0.25, -0.2) is 8.78 Å². The third-order valence-electron chi connectivity index (χ3n) is 2.39. The second kappa shape index (κ2) is 2.81. The van der Waals surface area contributed by atoms with E-state index in [1.54, 1.807) is 0 Å². The Morgan fingerprint density at radius 3 is 2.85 bits per heavy atom. The maximum absolute atomic E-state index is 13.2. The van der Waals surface area contributed by atoms with Crippen LogP contribution in [0.5, 0.6) is 0 Å². The standard InChI is InChI=1S/C10H7F2N/c11-8-3-6-1-2-7(5-13)10(6)9(12)4-8/h3-4,7H,1-2H2. The lowest BCUT2D eigenvalue weighted by atomic mass is 10.0. The van der Waals surface area contributed by atoms with Crippen LogP contribution in [0.25, 0.3) is 0 Å². The summed E-state index contributed by atoms with van der Waals surface area (Å²) < 4.78 is 25.9. The van der Waals surface area contributed by atoms with E-state index >= 15 is 0 Å². The molecule has 1 nitrogen and oxygen atoms in total. The van der Waals surface area contributed by atoms with Crippen molar-refractivity contribution in [3.05, 3.63) is 34.9 Å². The van der Waals surface area contributed by atoms with Crippen molar-refractivity contribution in [2.75, 3.05) is 0 Å². The van der Waals surface area contributed by atoms with E-state index in [-0.39, 0.29) is 0 Å². The molecule has 0 saturated heterocycles. The molecule has 3 heteroatoms. The third kappa shape index (κ3) is 1.19. The van der Waals surface area contributed by atoms with Crippen LogP contribution in [0, 0.1) is 23.0 Å².